The second-order valence-electron chi connectivity index (χ2n) is 2.98. The Kier molecular flexibility index (Phi) is 3.33. The van der Waals surface area contributed by atoms with Crippen molar-refractivity contribution in [3.05, 3.63) is 34.1 Å². The molecule has 1 aromatic heterocycles. The number of nitro groups is 1. The van der Waals surface area contributed by atoms with Crippen molar-refractivity contribution in [2.45, 2.75) is 6.92 Å². The van der Waals surface area contributed by atoms with Crippen molar-refractivity contribution in [2.24, 2.45) is 0 Å². The summed E-state index contributed by atoms with van der Waals surface area (Å²) in [7, 11) is 1.64. The SMILES string of the molecule is CCN(C)C(=O)c1ccc([N+](=O)[O-])cn1. The molecule has 1 aromatic rings. The Bertz CT molecular complexity index is 375. The summed E-state index contributed by atoms with van der Waals surface area (Å²) in [6, 6.07) is 2.62. The minimum Gasteiger partial charge on any atom is -0.341 e. The van der Waals surface area contributed by atoms with Crippen molar-refractivity contribution in [3.63, 3.8) is 0 Å². The van der Waals surface area contributed by atoms with Crippen molar-refractivity contribution in [1.82, 2.24) is 9.88 Å². The largest absolute Gasteiger partial charge is 0.341 e. The minimum absolute atomic E-state index is 0.120. The number of pyridine rings is 1. The Morgan fingerprint density at radius 1 is 1.60 bits per heavy atom. The Morgan fingerprint density at radius 3 is 2.67 bits per heavy atom. The highest BCUT2D eigenvalue weighted by Gasteiger charge is 2.13. The van der Waals surface area contributed by atoms with Crippen LogP contribution in [0.3, 0.4) is 0 Å². The van der Waals surface area contributed by atoms with E-state index in [0.29, 0.717) is 6.54 Å². The monoisotopic (exact) mass is 209 g/mol. The van der Waals surface area contributed by atoms with Gasteiger partial charge in [0.05, 0.1) is 4.92 Å². The van der Waals surface area contributed by atoms with Gasteiger partial charge in [0, 0.05) is 19.7 Å². The predicted molar refractivity (Wildman–Crippen MR) is 53.5 cm³/mol. The maximum Gasteiger partial charge on any atom is 0.287 e. The highest BCUT2D eigenvalue weighted by atomic mass is 16.6. The standard InChI is InChI=1S/C9H11N3O3/c1-3-11(2)9(13)8-5-4-7(6-10-8)12(14)15/h4-6H,3H2,1-2H3. The molecule has 0 N–H and O–H groups in total. The van der Waals surface area contributed by atoms with Gasteiger partial charge in [0.15, 0.2) is 0 Å². The molecule has 6 nitrogen and oxygen atoms in total. The van der Waals surface area contributed by atoms with E-state index in [2.05, 4.69) is 4.98 Å². The molecule has 1 amide bonds. The molecule has 0 fully saturated rings. The summed E-state index contributed by atoms with van der Waals surface area (Å²) in [5, 5.41) is 10.3. The van der Waals surface area contributed by atoms with Gasteiger partial charge in [-0.05, 0) is 13.0 Å². The van der Waals surface area contributed by atoms with Crippen molar-refractivity contribution < 1.29 is 9.72 Å². The molecule has 0 atom stereocenters. The quantitative estimate of drug-likeness (QED) is 0.551. The topological polar surface area (TPSA) is 76.3 Å². The zero-order valence-electron chi connectivity index (χ0n) is 8.51. The van der Waals surface area contributed by atoms with Crippen LogP contribution in [0, 0.1) is 10.1 Å². The molecule has 0 aromatic carbocycles. The normalized spacial score (nSPS) is 9.73. The average molecular weight is 209 g/mol. The molecular weight excluding hydrogens is 198 g/mol. The lowest BCUT2D eigenvalue weighted by molar-refractivity contribution is -0.385. The van der Waals surface area contributed by atoms with Crippen LogP contribution in [0.4, 0.5) is 5.69 Å². The van der Waals surface area contributed by atoms with Crippen molar-refractivity contribution in [2.75, 3.05) is 13.6 Å². The summed E-state index contributed by atoms with van der Waals surface area (Å²) in [6.07, 6.45) is 1.08. The highest BCUT2D eigenvalue weighted by Crippen LogP contribution is 2.09. The number of amides is 1. The van der Waals surface area contributed by atoms with Crippen LogP contribution in [0.1, 0.15) is 17.4 Å². The fraction of sp³-hybridized carbons (Fsp3) is 0.333. The summed E-state index contributed by atoms with van der Waals surface area (Å²) in [4.78, 5) is 26.6. The molecule has 0 radical (unpaired) electrons. The van der Waals surface area contributed by atoms with Gasteiger partial charge in [-0.15, -0.1) is 0 Å². The molecule has 0 saturated carbocycles. The van der Waals surface area contributed by atoms with Crippen LogP contribution >= 0.6 is 0 Å². The first kappa shape index (κ1) is 11.1. The van der Waals surface area contributed by atoms with Crippen LogP contribution in [-0.4, -0.2) is 34.3 Å². The lowest BCUT2D eigenvalue weighted by Gasteiger charge is -2.12. The Hall–Kier alpha value is -1.98. The number of hydrogen-bond donors (Lipinski definition) is 0. The first-order valence-corrected chi connectivity index (χ1v) is 4.42. The van der Waals surface area contributed by atoms with Crippen LogP contribution in [-0.2, 0) is 0 Å². The van der Waals surface area contributed by atoms with Crippen LogP contribution in [0.25, 0.3) is 0 Å². The number of aromatic nitrogens is 1. The van der Waals surface area contributed by atoms with E-state index in [0.717, 1.165) is 6.20 Å². The maximum absolute atomic E-state index is 11.6. The summed E-state index contributed by atoms with van der Waals surface area (Å²) in [5.41, 5.74) is 0.0932. The third-order valence-electron chi connectivity index (χ3n) is 2.00. The van der Waals surface area contributed by atoms with E-state index in [-0.39, 0.29) is 17.3 Å². The molecule has 0 aliphatic rings. The van der Waals surface area contributed by atoms with E-state index < -0.39 is 4.92 Å². The van der Waals surface area contributed by atoms with Gasteiger partial charge < -0.3 is 4.90 Å². The Balaban J connectivity index is 2.89. The first-order chi connectivity index (χ1) is 7.06. The second-order valence-corrected chi connectivity index (χ2v) is 2.98. The van der Waals surface area contributed by atoms with Crippen molar-refractivity contribution in [3.8, 4) is 0 Å². The number of rotatable bonds is 3. The first-order valence-electron chi connectivity index (χ1n) is 4.42. The zero-order valence-corrected chi connectivity index (χ0v) is 8.51. The molecule has 1 rings (SSSR count). The summed E-state index contributed by atoms with van der Waals surface area (Å²) in [6.45, 7) is 2.40. The number of carbonyl (C=O) groups is 1. The van der Waals surface area contributed by atoms with E-state index in [1.165, 1.54) is 17.0 Å². The van der Waals surface area contributed by atoms with E-state index in [9.17, 15) is 14.9 Å². The summed E-state index contributed by atoms with van der Waals surface area (Å²) < 4.78 is 0. The highest BCUT2D eigenvalue weighted by molar-refractivity contribution is 5.92. The predicted octanol–water partition coefficient (Wildman–Crippen LogP) is 1.08. The second kappa shape index (κ2) is 4.50. The third kappa shape index (κ3) is 2.49. The maximum atomic E-state index is 11.6. The summed E-state index contributed by atoms with van der Waals surface area (Å²) >= 11 is 0. The lowest BCUT2D eigenvalue weighted by Crippen LogP contribution is -2.26. The third-order valence-corrected chi connectivity index (χ3v) is 2.00. The van der Waals surface area contributed by atoms with E-state index in [1.807, 2.05) is 6.92 Å². The van der Waals surface area contributed by atoms with Gasteiger partial charge in [-0.3, -0.25) is 14.9 Å². The van der Waals surface area contributed by atoms with Crippen LogP contribution < -0.4 is 0 Å². The molecule has 15 heavy (non-hydrogen) atoms. The van der Waals surface area contributed by atoms with Gasteiger partial charge in [0.25, 0.3) is 11.6 Å². The zero-order chi connectivity index (χ0) is 11.4. The van der Waals surface area contributed by atoms with Gasteiger partial charge in [-0.1, -0.05) is 0 Å². The molecule has 0 aliphatic carbocycles. The Morgan fingerprint density at radius 2 is 2.27 bits per heavy atom. The van der Waals surface area contributed by atoms with Gasteiger partial charge in [-0.25, -0.2) is 4.98 Å². The number of carbonyl (C=O) groups excluding carboxylic acids is 1. The van der Waals surface area contributed by atoms with Gasteiger partial charge in [0.2, 0.25) is 0 Å². The smallest absolute Gasteiger partial charge is 0.287 e. The van der Waals surface area contributed by atoms with Crippen LogP contribution in [0.2, 0.25) is 0 Å². The number of hydrogen-bond acceptors (Lipinski definition) is 4. The molecule has 6 heteroatoms. The van der Waals surface area contributed by atoms with Crippen molar-refractivity contribution >= 4 is 11.6 Å². The van der Waals surface area contributed by atoms with Crippen LogP contribution in [0.15, 0.2) is 18.3 Å². The van der Waals surface area contributed by atoms with Crippen molar-refractivity contribution in [1.29, 1.82) is 0 Å². The number of nitrogens with zero attached hydrogens (tertiary/aromatic N) is 3. The minimum atomic E-state index is -0.551. The average Bonchev–Trinajstić information content (AvgIpc) is 2.27. The molecular formula is C9H11N3O3. The van der Waals surface area contributed by atoms with E-state index in [4.69, 9.17) is 0 Å². The van der Waals surface area contributed by atoms with Gasteiger partial charge >= 0.3 is 0 Å². The molecule has 0 spiro atoms. The van der Waals surface area contributed by atoms with E-state index in [1.54, 1.807) is 7.05 Å². The molecule has 80 valence electrons. The van der Waals surface area contributed by atoms with E-state index >= 15 is 0 Å². The molecule has 0 aliphatic heterocycles. The van der Waals surface area contributed by atoms with Gasteiger partial charge in [0.1, 0.15) is 11.9 Å². The fourth-order valence-electron chi connectivity index (χ4n) is 0.960. The summed E-state index contributed by atoms with van der Waals surface area (Å²) in [5.74, 6) is -0.243. The van der Waals surface area contributed by atoms with Gasteiger partial charge in [-0.2, -0.15) is 0 Å². The molecule has 0 unspecified atom stereocenters. The molecule has 1 heterocycles. The molecule has 0 bridgehead atoms. The fourth-order valence-corrected chi connectivity index (χ4v) is 0.960. The molecule has 0 saturated heterocycles. The Labute approximate surface area is 86.7 Å². The van der Waals surface area contributed by atoms with Crippen LogP contribution in [0.5, 0.6) is 0 Å². The lowest BCUT2D eigenvalue weighted by atomic mass is 10.3.